The molecule has 126 valence electrons. The molecule has 1 aliphatic carbocycles. The van der Waals surface area contributed by atoms with Crippen molar-refractivity contribution in [2.75, 3.05) is 27.2 Å². The summed E-state index contributed by atoms with van der Waals surface area (Å²) in [6.45, 7) is 1.77. The van der Waals surface area contributed by atoms with Crippen LogP contribution in [0.3, 0.4) is 0 Å². The number of benzene rings is 1. The zero-order valence-electron chi connectivity index (χ0n) is 14.2. The second-order valence-corrected chi connectivity index (χ2v) is 6.04. The predicted molar refractivity (Wildman–Crippen MR) is 94.9 cm³/mol. The van der Waals surface area contributed by atoms with Gasteiger partial charge in [-0.15, -0.1) is 0 Å². The van der Waals surface area contributed by atoms with Gasteiger partial charge in [-0.1, -0.05) is 25.0 Å². The molecule has 5 heteroatoms. The molecule has 0 heterocycles. The molecule has 1 amide bonds. The van der Waals surface area contributed by atoms with Crippen molar-refractivity contribution in [1.82, 2.24) is 16.0 Å². The van der Waals surface area contributed by atoms with Crippen molar-refractivity contribution in [3.8, 4) is 0 Å². The number of guanidine groups is 1. The number of carbonyl (C=O) groups is 1. The molecule has 5 nitrogen and oxygen atoms in total. The monoisotopic (exact) mass is 316 g/mol. The summed E-state index contributed by atoms with van der Waals surface area (Å²) in [4.78, 5) is 15.9. The van der Waals surface area contributed by atoms with E-state index in [0.29, 0.717) is 5.56 Å². The van der Waals surface area contributed by atoms with Gasteiger partial charge in [0.05, 0.1) is 0 Å². The minimum Gasteiger partial charge on any atom is -0.356 e. The van der Waals surface area contributed by atoms with Crippen molar-refractivity contribution < 1.29 is 4.79 Å². The maximum Gasteiger partial charge on any atom is 0.251 e. The standard InChI is InChI=1S/C18H28N4O/c1-19-17(23)16-7-3-5-15(13-16)10-12-22-18(20-2)21-11-4-6-14-8-9-14/h3,5,7,13-14H,4,6,8-12H2,1-2H3,(H,19,23)(H2,20,21,22). The van der Waals surface area contributed by atoms with Crippen LogP contribution < -0.4 is 16.0 Å². The quantitative estimate of drug-likeness (QED) is 0.390. The summed E-state index contributed by atoms with van der Waals surface area (Å²) >= 11 is 0. The van der Waals surface area contributed by atoms with Gasteiger partial charge in [0, 0.05) is 32.7 Å². The van der Waals surface area contributed by atoms with Crippen LogP contribution in [0, 0.1) is 5.92 Å². The number of nitrogens with one attached hydrogen (secondary N) is 3. The fourth-order valence-electron chi connectivity index (χ4n) is 2.56. The third kappa shape index (κ3) is 6.30. The second kappa shape index (κ2) is 9.18. The van der Waals surface area contributed by atoms with Gasteiger partial charge in [0.25, 0.3) is 5.91 Å². The van der Waals surface area contributed by atoms with Gasteiger partial charge >= 0.3 is 0 Å². The second-order valence-electron chi connectivity index (χ2n) is 6.04. The molecule has 1 fully saturated rings. The van der Waals surface area contributed by atoms with E-state index in [1.165, 1.54) is 25.7 Å². The number of amides is 1. The summed E-state index contributed by atoms with van der Waals surface area (Å²) in [6.07, 6.45) is 6.23. The minimum atomic E-state index is -0.0482. The Balaban J connectivity index is 1.68. The Morgan fingerprint density at radius 3 is 2.74 bits per heavy atom. The summed E-state index contributed by atoms with van der Waals surface area (Å²) in [5.74, 6) is 1.79. The maximum atomic E-state index is 11.6. The fourth-order valence-corrected chi connectivity index (χ4v) is 2.56. The third-order valence-electron chi connectivity index (χ3n) is 4.12. The van der Waals surface area contributed by atoms with Gasteiger partial charge < -0.3 is 16.0 Å². The number of aliphatic imine (C=N–C) groups is 1. The molecule has 0 spiro atoms. The number of hydrogen-bond donors (Lipinski definition) is 3. The first-order chi connectivity index (χ1) is 11.2. The average molecular weight is 316 g/mol. The fraction of sp³-hybridized carbons (Fsp3) is 0.556. The molecule has 1 aliphatic rings. The van der Waals surface area contributed by atoms with Gasteiger partial charge in [0.15, 0.2) is 5.96 Å². The Bertz CT molecular complexity index is 538. The van der Waals surface area contributed by atoms with Gasteiger partial charge in [-0.2, -0.15) is 0 Å². The molecule has 0 radical (unpaired) electrons. The Morgan fingerprint density at radius 2 is 2.04 bits per heavy atom. The minimum absolute atomic E-state index is 0.0482. The zero-order valence-corrected chi connectivity index (χ0v) is 14.2. The SMILES string of the molecule is CN=C(NCCCC1CC1)NCCc1cccc(C(=O)NC)c1. The molecule has 1 aromatic carbocycles. The molecular weight excluding hydrogens is 288 g/mol. The Morgan fingerprint density at radius 1 is 1.26 bits per heavy atom. The van der Waals surface area contributed by atoms with Crippen molar-refractivity contribution in [2.45, 2.75) is 32.1 Å². The van der Waals surface area contributed by atoms with Crippen molar-refractivity contribution in [2.24, 2.45) is 10.9 Å². The first-order valence-electron chi connectivity index (χ1n) is 8.48. The maximum absolute atomic E-state index is 11.6. The van der Waals surface area contributed by atoms with Crippen LogP contribution in [0.1, 0.15) is 41.6 Å². The van der Waals surface area contributed by atoms with Crippen LogP contribution in [-0.4, -0.2) is 39.1 Å². The summed E-state index contributed by atoms with van der Waals surface area (Å²) in [7, 11) is 3.44. The van der Waals surface area contributed by atoms with E-state index < -0.39 is 0 Å². The van der Waals surface area contributed by atoms with E-state index in [1.54, 1.807) is 14.1 Å². The Labute approximate surface area is 139 Å². The lowest BCUT2D eigenvalue weighted by atomic mass is 10.1. The van der Waals surface area contributed by atoms with Gasteiger partial charge in [0.1, 0.15) is 0 Å². The molecule has 2 rings (SSSR count). The normalized spacial score (nSPS) is 14.4. The molecule has 1 saturated carbocycles. The molecule has 0 saturated heterocycles. The highest BCUT2D eigenvalue weighted by molar-refractivity contribution is 5.94. The van der Waals surface area contributed by atoms with Crippen LogP contribution in [0.25, 0.3) is 0 Å². The van der Waals surface area contributed by atoms with Crippen molar-refractivity contribution >= 4 is 11.9 Å². The van der Waals surface area contributed by atoms with E-state index in [0.717, 1.165) is 37.0 Å². The topological polar surface area (TPSA) is 65.5 Å². The average Bonchev–Trinajstić information content (AvgIpc) is 3.40. The lowest BCUT2D eigenvalue weighted by Crippen LogP contribution is -2.38. The van der Waals surface area contributed by atoms with E-state index in [1.807, 2.05) is 24.3 Å². The number of carbonyl (C=O) groups excluding carboxylic acids is 1. The van der Waals surface area contributed by atoms with Crippen LogP contribution in [-0.2, 0) is 6.42 Å². The molecular formula is C18H28N4O. The molecule has 0 aromatic heterocycles. The number of hydrogen-bond acceptors (Lipinski definition) is 2. The number of rotatable bonds is 8. The van der Waals surface area contributed by atoms with Gasteiger partial charge in [-0.25, -0.2) is 0 Å². The van der Waals surface area contributed by atoms with Crippen molar-refractivity contribution in [3.05, 3.63) is 35.4 Å². The highest BCUT2D eigenvalue weighted by Crippen LogP contribution is 2.33. The van der Waals surface area contributed by atoms with Crippen LogP contribution in [0.5, 0.6) is 0 Å². The van der Waals surface area contributed by atoms with Gasteiger partial charge in [-0.3, -0.25) is 9.79 Å². The van der Waals surface area contributed by atoms with Gasteiger partial charge in [0.2, 0.25) is 0 Å². The predicted octanol–water partition coefficient (Wildman–Crippen LogP) is 1.94. The van der Waals surface area contributed by atoms with E-state index in [2.05, 4.69) is 20.9 Å². The largest absolute Gasteiger partial charge is 0.356 e. The summed E-state index contributed by atoms with van der Waals surface area (Å²) in [5.41, 5.74) is 1.84. The molecule has 0 unspecified atom stereocenters. The first kappa shape index (κ1) is 17.3. The molecule has 0 atom stereocenters. The lowest BCUT2D eigenvalue weighted by Gasteiger charge is -2.12. The lowest BCUT2D eigenvalue weighted by molar-refractivity contribution is 0.0963. The van der Waals surface area contributed by atoms with Crippen LogP contribution in [0.2, 0.25) is 0 Å². The van der Waals surface area contributed by atoms with Crippen molar-refractivity contribution in [1.29, 1.82) is 0 Å². The van der Waals surface area contributed by atoms with E-state index in [4.69, 9.17) is 0 Å². The zero-order chi connectivity index (χ0) is 16.5. The molecule has 3 N–H and O–H groups in total. The highest BCUT2D eigenvalue weighted by Gasteiger charge is 2.19. The summed E-state index contributed by atoms with van der Waals surface area (Å²) in [5, 5.41) is 9.32. The van der Waals surface area contributed by atoms with E-state index in [-0.39, 0.29) is 5.91 Å². The van der Waals surface area contributed by atoms with Crippen LogP contribution >= 0.6 is 0 Å². The molecule has 1 aromatic rings. The Kier molecular flexibility index (Phi) is 6.91. The third-order valence-corrected chi connectivity index (χ3v) is 4.12. The smallest absolute Gasteiger partial charge is 0.251 e. The first-order valence-corrected chi connectivity index (χ1v) is 8.48. The Hall–Kier alpha value is -2.04. The van der Waals surface area contributed by atoms with Crippen LogP contribution in [0.15, 0.2) is 29.3 Å². The van der Waals surface area contributed by atoms with Gasteiger partial charge in [-0.05, 0) is 42.9 Å². The molecule has 23 heavy (non-hydrogen) atoms. The summed E-state index contributed by atoms with van der Waals surface area (Å²) < 4.78 is 0. The molecule has 0 bridgehead atoms. The van der Waals surface area contributed by atoms with E-state index in [9.17, 15) is 4.79 Å². The molecule has 0 aliphatic heterocycles. The highest BCUT2D eigenvalue weighted by atomic mass is 16.1. The van der Waals surface area contributed by atoms with Crippen molar-refractivity contribution in [3.63, 3.8) is 0 Å². The summed E-state index contributed by atoms with van der Waals surface area (Å²) in [6, 6.07) is 7.73. The number of nitrogens with zero attached hydrogens (tertiary/aromatic N) is 1. The van der Waals surface area contributed by atoms with Crippen LogP contribution in [0.4, 0.5) is 0 Å². The van der Waals surface area contributed by atoms with E-state index >= 15 is 0 Å².